The van der Waals surface area contributed by atoms with Crippen LogP contribution in [-0.2, 0) is 9.47 Å². The molecule has 21 heavy (non-hydrogen) atoms. The first-order valence-electron chi connectivity index (χ1n) is 8.22. The fraction of sp³-hybridized carbons (Fsp3) is 0.667. The van der Waals surface area contributed by atoms with Crippen molar-refractivity contribution in [2.24, 2.45) is 0 Å². The average Bonchev–Trinajstić information content (AvgIpc) is 2.93. The van der Waals surface area contributed by atoms with Crippen molar-refractivity contribution in [2.75, 3.05) is 19.8 Å². The first kappa shape index (κ1) is 15.0. The van der Waals surface area contributed by atoms with E-state index in [-0.39, 0.29) is 0 Å². The molecular formula is C18H27NO2. The highest BCUT2D eigenvalue weighted by Gasteiger charge is 2.31. The summed E-state index contributed by atoms with van der Waals surface area (Å²) in [6.07, 6.45) is 3.86. The molecule has 2 fully saturated rings. The zero-order valence-corrected chi connectivity index (χ0v) is 13.2. The van der Waals surface area contributed by atoms with Gasteiger partial charge in [0.25, 0.3) is 0 Å². The number of nitrogens with one attached hydrogen (secondary N) is 1. The van der Waals surface area contributed by atoms with Crippen molar-refractivity contribution >= 4 is 0 Å². The summed E-state index contributed by atoms with van der Waals surface area (Å²) in [5.74, 6) is 0.735. The van der Waals surface area contributed by atoms with Gasteiger partial charge in [-0.1, -0.05) is 29.8 Å². The molecule has 0 unspecified atom stereocenters. The second kappa shape index (κ2) is 6.91. The Morgan fingerprint density at radius 2 is 2.24 bits per heavy atom. The number of rotatable bonds is 6. The van der Waals surface area contributed by atoms with Gasteiger partial charge in [-0.15, -0.1) is 0 Å². The van der Waals surface area contributed by atoms with Crippen molar-refractivity contribution in [3.05, 3.63) is 35.4 Å². The second-order valence-electron chi connectivity index (χ2n) is 6.67. The van der Waals surface area contributed by atoms with Gasteiger partial charge in [0.15, 0.2) is 0 Å². The summed E-state index contributed by atoms with van der Waals surface area (Å²) in [5.41, 5.74) is 2.87. The van der Waals surface area contributed by atoms with Gasteiger partial charge in [0, 0.05) is 18.7 Å². The summed E-state index contributed by atoms with van der Waals surface area (Å²) < 4.78 is 11.2. The smallest absolute Gasteiger partial charge is 0.0831 e. The first-order valence-corrected chi connectivity index (χ1v) is 8.22. The molecular weight excluding hydrogens is 262 g/mol. The van der Waals surface area contributed by atoms with Crippen LogP contribution in [0.2, 0.25) is 0 Å². The van der Waals surface area contributed by atoms with E-state index in [0.717, 1.165) is 32.2 Å². The Balaban J connectivity index is 1.36. The number of benzene rings is 1. The molecule has 0 spiro atoms. The molecule has 2 atom stereocenters. The van der Waals surface area contributed by atoms with E-state index in [0.29, 0.717) is 18.2 Å². The minimum atomic E-state index is 0.315. The molecule has 1 heterocycles. The van der Waals surface area contributed by atoms with Gasteiger partial charge in [-0.3, -0.25) is 0 Å². The Morgan fingerprint density at radius 1 is 1.38 bits per heavy atom. The van der Waals surface area contributed by atoms with E-state index < -0.39 is 0 Å². The third-order valence-corrected chi connectivity index (χ3v) is 4.64. The van der Waals surface area contributed by atoms with Crippen molar-refractivity contribution in [3.63, 3.8) is 0 Å². The van der Waals surface area contributed by atoms with Crippen LogP contribution in [0.1, 0.15) is 43.2 Å². The lowest BCUT2D eigenvalue weighted by atomic mass is 9.75. The Labute approximate surface area is 128 Å². The maximum atomic E-state index is 5.87. The van der Waals surface area contributed by atoms with Gasteiger partial charge in [-0.05, 0) is 44.6 Å². The number of aryl methyl sites for hydroxylation is 1. The molecule has 3 nitrogen and oxygen atoms in total. The zero-order valence-electron chi connectivity index (χ0n) is 13.2. The van der Waals surface area contributed by atoms with Crippen LogP contribution in [0.4, 0.5) is 0 Å². The lowest BCUT2D eigenvalue weighted by Gasteiger charge is -2.38. The van der Waals surface area contributed by atoms with Crippen molar-refractivity contribution in [1.29, 1.82) is 0 Å². The van der Waals surface area contributed by atoms with E-state index in [4.69, 9.17) is 9.47 Å². The van der Waals surface area contributed by atoms with Gasteiger partial charge in [0.1, 0.15) is 0 Å². The van der Waals surface area contributed by atoms with Crippen molar-refractivity contribution in [1.82, 2.24) is 5.32 Å². The molecule has 3 rings (SSSR count). The minimum Gasteiger partial charge on any atom is -0.379 e. The molecule has 1 aromatic carbocycles. The Bertz CT molecular complexity index is 450. The van der Waals surface area contributed by atoms with Crippen LogP contribution in [0.5, 0.6) is 0 Å². The first-order chi connectivity index (χ1) is 10.2. The topological polar surface area (TPSA) is 30.5 Å². The maximum Gasteiger partial charge on any atom is 0.0831 e. The van der Waals surface area contributed by atoms with Crippen molar-refractivity contribution in [3.8, 4) is 0 Å². The van der Waals surface area contributed by atoms with E-state index in [1.807, 2.05) is 0 Å². The van der Waals surface area contributed by atoms with E-state index in [1.54, 1.807) is 0 Å². The summed E-state index contributed by atoms with van der Waals surface area (Å²) in [7, 11) is 0. The third kappa shape index (κ3) is 4.06. The molecule has 116 valence electrons. The van der Waals surface area contributed by atoms with E-state index in [9.17, 15) is 0 Å². The largest absolute Gasteiger partial charge is 0.379 e. The van der Waals surface area contributed by atoms with Crippen molar-refractivity contribution < 1.29 is 9.47 Å². The summed E-state index contributed by atoms with van der Waals surface area (Å²) in [4.78, 5) is 0. The lowest BCUT2D eigenvalue weighted by molar-refractivity contribution is 0.0285. The number of hydrogen-bond acceptors (Lipinski definition) is 3. The van der Waals surface area contributed by atoms with Crippen LogP contribution >= 0.6 is 0 Å². The van der Waals surface area contributed by atoms with E-state index in [1.165, 1.54) is 24.0 Å². The summed E-state index contributed by atoms with van der Waals surface area (Å²) in [5, 5.41) is 3.69. The third-order valence-electron chi connectivity index (χ3n) is 4.64. The van der Waals surface area contributed by atoms with Crippen LogP contribution in [0.25, 0.3) is 0 Å². The molecule has 1 saturated heterocycles. The molecule has 1 N–H and O–H groups in total. The molecule has 2 aliphatic rings. The van der Waals surface area contributed by atoms with Crippen molar-refractivity contribution in [2.45, 2.75) is 57.2 Å². The van der Waals surface area contributed by atoms with Gasteiger partial charge in [-0.25, -0.2) is 0 Å². The molecule has 1 aliphatic carbocycles. The second-order valence-corrected chi connectivity index (χ2v) is 6.67. The van der Waals surface area contributed by atoms with Crippen LogP contribution in [0.3, 0.4) is 0 Å². The summed E-state index contributed by atoms with van der Waals surface area (Å²) in [6, 6.07) is 10.0. The highest BCUT2D eigenvalue weighted by atomic mass is 16.5. The van der Waals surface area contributed by atoms with E-state index in [2.05, 4.69) is 43.4 Å². The normalized spacial score (nSPS) is 30.1. The van der Waals surface area contributed by atoms with Gasteiger partial charge in [-0.2, -0.15) is 0 Å². The predicted molar refractivity (Wildman–Crippen MR) is 84.7 cm³/mol. The maximum absolute atomic E-state index is 5.87. The van der Waals surface area contributed by atoms with Gasteiger partial charge in [0.2, 0.25) is 0 Å². The standard InChI is InChI=1S/C18H27NO2/c1-13-4-3-5-15(8-13)16-9-17(10-16)19-14(2)11-21-18-6-7-20-12-18/h3-5,8,14,16-19H,6-7,9-12H2,1-2H3/t14-,16?,17?,18+/m1/s1. The van der Waals surface area contributed by atoms with Crippen LogP contribution < -0.4 is 5.32 Å². The van der Waals surface area contributed by atoms with Crippen LogP contribution in [0, 0.1) is 6.92 Å². The predicted octanol–water partition coefficient (Wildman–Crippen LogP) is 3.02. The Kier molecular flexibility index (Phi) is 4.94. The molecule has 0 bridgehead atoms. The zero-order chi connectivity index (χ0) is 14.7. The fourth-order valence-electron chi connectivity index (χ4n) is 3.33. The molecule has 0 radical (unpaired) electrons. The highest BCUT2D eigenvalue weighted by molar-refractivity contribution is 5.27. The highest BCUT2D eigenvalue weighted by Crippen LogP contribution is 2.37. The van der Waals surface area contributed by atoms with Crippen LogP contribution in [0.15, 0.2) is 24.3 Å². The summed E-state index contributed by atoms with van der Waals surface area (Å²) >= 11 is 0. The lowest BCUT2D eigenvalue weighted by Crippen LogP contribution is -2.46. The van der Waals surface area contributed by atoms with Gasteiger partial charge in [0.05, 0.1) is 19.3 Å². The summed E-state index contributed by atoms with van der Waals surface area (Å²) in [6.45, 7) is 6.80. The molecule has 3 heteroatoms. The molecule has 1 aliphatic heterocycles. The van der Waals surface area contributed by atoms with E-state index >= 15 is 0 Å². The number of hydrogen-bond donors (Lipinski definition) is 1. The molecule has 1 saturated carbocycles. The quantitative estimate of drug-likeness (QED) is 0.873. The van der Waals surface area contributed by atoms with Gasteiger partial charge < -0.3 is 14.8 Å². The molecule has 1 aromatic rings. The Hall–Kier alpha value is -0.900. The SMILES string of the molecule is Cc1cccc(C2CC(N[C@H](C)CO[C@H]3CCOC3)C2)c1. The Morgan fingerprint density at radius 3 is 2.95 bits per heavy atom. The monoisotopic (exact) mass is 289 g/mol. The fourth-order valence-corrected chi connectivity index (χ4v) is 3.33. The van der Waals surface area contributed by atoms with Gasteiger partial charge >= 0.3 is 0 Å². The average molecular weight is 289 g/mol. The molecule has 0 aromatic heterocycles. The van der Waals surface area contributed by atoms with Crippen LogP contribution in [-0.4, -0.2) is 38.0 Å². The minimum absolute atomic E-state index is 0.315. The molecule has 0 amide bonds. The number of ether oxygens (including phenoxy) is 2.